The Balaban J connectivity index is 0.00000196. The highest BCUT2D eigenvalue weighted by atomic mass is 35.5. The third kappa shape index (κ3) is 3.11. The Labute approximate surface area is 94.8 Å². The van der Waals surface area contributed by atoms with E-state index in [0.29, 0.717) is 17.9 Å². The van der Waals surface area contributed by atoms with Gasteiger partial charge in [0, 0.05) is 6.54 Å². The van der Waals surface area contributed by atoms with E-state index in [0.717, 1.165) is 5.56 Å². The fourth-order valence-corrected chi connectivity index (χ4v) is 1.16. The number of benzene rings is 1. The maximum Gasteiger partial charge on any atom is 0.338 e. The predicted octanol–water partition coefficient (Wildman–Crippen LogP) is 1.36. The average Bonchev–Trinajstić information content (AvgIpc) is 2.27. The number of hydrogen-bond acceptors (Lipinski definition) is 4. The van der Waals surface area contributed by atoms with Gasteiger partial charge in [-0.3, -0.25) is 0 Å². The Morgan fingerprint density at radius 1 is 1.40 bits per heavy atom. The number of halogens is 1. The van der Waals surface area contributed by atoms with Crippen molar-refractivity contribution in [2.75, 3.05) is 14.2 Å². The second kappa shape index (κ2) is 6.27. The number of carbonyl (C=O) groups excluding carboxylic acids is 1. The molecule has 1 aromatic rings. The summed E-state index contributed by atoms with van der Waals surface area (Å²) in [6, 6.07) is 5.13. The summed E-state index contributed by atoms with van der Waals surface area (Å²) >= 11 is 0. The van der Waals surface area contributed by atoms with Gasteiger partial charge in [0.1, 0.15) is 5.75 Å². The summed E-state index contributed by atoms with van der Waals surface area (Å²) in [6.07, 6.45) is 0. The molecule has 5 heteroatoms. The van der Waals surface area contributed by atoms with E-state index in [1.54, 1.807) is 25.3 Å². The van der Waals surface area contributed by atoms with E-state index in [2.05, 4.69) is 4.74 Å². The number of nitrogens with two attached hydrogens (primary N) is 1. The molecule has 0 aromatic heterocycles. The summed E-state index contributed by atoms with van der Waals surface area (Å²) in [6.45, 7) is 0.300. The molecule has 4 nitrogen and oxygen atoms in total. The van der Waals surface area contributed by atoms with Crippen LogP contribution in [0.15, 0.2) is 18.2 Å². The van der Waals surface area contributed by atoms with Crippen LogP contribution in [0.2, 0.25) is 0 Å². The lowest BCUT2D eigenvalue weighted by atomic mass is 10.1. The highest BCUT2D eigenvalue weighted by molar-refractivity contribution is 5.91. The van der Waals surface area contributed by atoms with Crippen LogP contribution in [-0.2, 0) is 11.3 Å². The standard InChI is InChI=1S/C10H13NO3.ClH/c1-13-8-4-3-7(6-11)9(5-8)10(12)14-2;/h3-5H,6,11H2,1-2H3;1H. The first kappa shape index (κ1) is 13.7. The van der Waals surface area contributed by atoms with Gasteiger partial charge < -0.3 is 15.2 Å². The minimum atomic E-state index is -0.399. The maximum absolute atomic E-state index is 11.3. The molecule has 1 aromatic carbocycles. The van der Waals surface area contributed by atoms with E-state index in [-0.39, 0.29) is 12.4 Å². The first-order chi connectivity index (χ1) is 6.72. The Kier molecular flexibility index (Phi) is 5.74. The summed E-state index contributed by atoms with van der Waals surface area (Å²) in [5.41, 5.74) is 6.69. The van der Waals surface area contributed by atoms with Gasteiger partial charge in [-0.25, -0.2) is 4.79 Å². The van der Waals surface area contributed by atoms with Gasteiger partial charge in [-0.1, -0.05) is 6.07 Å². The normalized spacial score (nSPS) is 9.00. The third-order valence-electron chi connectivity index (χ3n) is 1.94. The molecule has 15 heavy (non-hydrogen) atoms. The number of hydrogen-bond donors (Lipinski definition) is 1. The summed E-state index contributed by atoms with van der Waals surface area (Å²) < 4.78 is 9.63. The Morgan fingerprint density at radius 3 is 2.53 bits per heavy atom. The van der Waals surface area contributed by atoms with Gasteiger partial charge in [0.15, 0.2) is 0 Å². The van der Waals surface area contributed by atoms with Crippen molar-refractivity contribution in [2.45, 2.75) is 6.54 Å². The number of esters is 1. The Bertz CT molecular complexity index is 341. The van der Waals surface area contributed by atoms with Crippen LogP contribution >= 0.6 is 12.4 Å². The van der Waals surface area contributed by atoms with Crippen molar-refractivity contribution in [2.24, 2.45) is 5.73 Å². The lowest BCUT2D eigenvalue weighted by Gasteiger charge is -2.07. The lowest BCUT2D eigenvalue weighted by Crippen LogP contribution is -2.09. The minimum absolute atomic E-state index is 0. The molecule has 2 N–H and O–H groups in total. The largest absolute Gasteiger partial charge is 0.497 e. The van der Waals surface area contributed by atoms with E-state index in [4.69, 9.17) is 10.5 Å². The van der Waals surface area contributed by atoms with E-state index in [9.17, 15) is 4.79 Å². The molecule has 0 spiro atoms. The molecule has 0 saturated heterocycles. The van der Waals surface area contributed by atoms with E-state index >= 15 is 0 Å². The summed E-state index contributed by atoms with van der Waals surface area (Å²) in [5, 5.41) is 0. The van der Waals surface area contributed by atoms with Gasteiger partial charge in [0.25, 0.3) is 0 Å². The minimum Gasteiger partial charge on any atom is -0.497 e. The van der Waals surface area contributed by atoms with Crippen molar-refractivity contribution in [3.05, 3.63) is 29.3 Å². The quantitative estimate of drug-likeness (QED) is 0.798. The molecule has 84 valence electrons. The zero-order chi connectivity index (χ0) is 10.6. The van der Waals surface area contributed by atoms with Crippen LogP contribution < -0.4 is 10.5 Å². The van der Waals surface area contributed by atoms with Crippen LogP contribution in [0.3, 0.4) is 0 Å². The molecular formula is C10H14ClNO3. The first-order valence-electron chi connectivity index (χ1n) is 4.18. The summed E-state index contributed by atoms with van der Waals surface area (Å²) in [5.74, 6) is 0.215. The van der Waals surface area contributed by atoms with E-state index in [1.807, 2.05) is 0 Å². The van der Waals surface area contributed by atoms with Crippen molar-refractivity contribution < 1.29 is 14.3 Å². The van der Waals surface area contributed by atoms with Crippen LogP contribution in [0.4, 0.5) is 0 Å². The molecule has 1 rings (SSSR count). The molecule has 0 unspecified atom stereocenters. The van der Waals surface area contributed by atoms with Crippen molar-refractivity contribution in [3.8, 4) is 5.75 Å². The SMILES string of the molecule is COC(=O)c1cc(OC)ccc1CN.Cl. The van der Waals surface area contributed by atoms with E-state index in [1.165, 1.54) is 7.11 Å². The Hall–Kier alpha value is -1.26. The van der Waals surface area contributed by atoms with Crippen molar-refractivity contribution in [1.29, 1.82) is 0 Å². The zero-order valence-electron chi connectivity index (χ0n) is 8.65. The highest BCUT2D eigenvalue weighted by Crippen LogP contribution is 2.18. The number of rotatable bonds is 3. The molecule has 0 aliphatic carbocycles. The smallest absolute Gasteiger partial charge is 0.338 e. The fraction of sp³-hybridized carbons (Fsp3) is 0.300. The van der Waals surface area contributed by atoms with Crippen LogP contribution in [-0.4, -0.2) is 20.2 Å². The zero-order valence-corrected chi connectivity index (χ0v) is 9.47. The lowest BCUT2D eigenvalue weighted by molar-refractivity contribution is 0.0599. The highest BCUT2D eigenvalue weighted by Gasteiger charge is 2.11. The van der Waals surface area contributed by atoms with Crippen LogP contribution in [0.25, 0.3) is 0 Å². The molecule has 0 fully saturated rings. The topological polar surface area (TPSA) is 61.5 Å². The van der Waals surface area contributed by atoms with Gasteiger partial charge in [0.2, 0.25) is 0 Å². The van der Waals surface area contributed by atoms with Crippen molar-refractivity contribution in [3.63, 3.8) is 0 Å². The number of ether oxygens (including phenoxy) is 2. The van der Waals surface area contributed by atoms with Crippen LogP contribution in [0.1, 0.15) is 15.9 Å². The molecule has 0 bridgehead atoms. The summed E-state index contributed by atoms with van der Waals surface area (Å²) in [4.78, 5) is 11.3. The van der Waals surface area contributed by atoms with Gasteiger partial charge in [-0.15, -0.1) is 12.4 Å². The van der Waals surface area contributed by atoms with Gasteiger partial charge in [-0.2, -0.15) is 0 Å². The molecule has 0 atom stereocenters. The first-order valence-corrected chi connectivity index (χ1v) is 4.18. The second-order valence-corrected chi connectivity index (χ2v) is 2.72. The molecule has 0 aliphatic rings. The van der Waals surface area contributed by atoms with Crippen molar-refractivity contribution in [1.82, 2.24) is 0 Å². The Morgan fingerprint density at radius 2 is 2.07 bits per heavy atom. The van der Waals surface area contributed by atoms with Crippen molar-refractivity contribution >= 4 is 18.4 Å². The molecule has 0 radical (unpaired) electrons. The van der Waals surface area contributed by atoms with Crippen LogP contribution in [0, 0.1) is 0 Å². The fourth-order valence-electron chi connectivity index (χ4n) is 1.16. The van der Waals surface area contributed by atoms with Gasteiger partial charge in [0.05, 0.1) is 19.8 Å². The summed E-state index contributed by atoms with van der Waals surface area (Å²) in [7, 11) is 2.88. The molecule has 0 aliphatic heterocycles. The van der Waals surface area contributed by atoms with Gasteiger partial charge in [-0.05, 0) is 17.7 Å². The average molecular weight is 232 g/mol. The van der Waals surface area contributed by atoms with E-state index < -0.39 is 5.97 Å². The molecule has 0 heterocycles. The molecule has 0 saturated carbocycles. The monoisotopic (exact) mass is 231 g/mol. The molecule has 0 amide bonds. The van der Waals surface area contributed by atoms with Gasteiger partial charge >= 0.3 is 5.97 Å². The number of methoxy groups -OCH3 is 2. The molecular weight excluding hydrogens is 218 g/mol. The second-order valence-electron chi connectivity index (χ2n) is 2.72. The predicted molar refractivity (Wildman–Crippen MR) is 59.5 cm³/mol. The maximum atomic E-state index is 11.3. The van der Waals surface area contributed by atoms with Crippen LogP contribution in [0.5, 0.6) is 5.75 Å². The number of carbonyl (C=O) groups is 1. The third-order valence-corrected chi connectivity index (χ3v) is 1.94.